The Bertz CT molecular complexity index is 1960. The van der Waals surface area contributed by atoms with Crippen molar-refractivity contribution in [3.05, 3.63) is 122 Å². The fourth-order valence-electron chi connectivity index (χ4n) is 3.97. The van der Waals surface area contributed by atoms with Crippen LogP contribution in [-0.2, 0) is 0 Å². The van der Waals surface area contributed by atoms with Gasteiger partial charge in [0.2, 0.25) is 11.7 Å². The van der Waals surface area contributed by atoms with Crippen molar-refractivity contribution in [3.8, 4) is 23.2 Å². The summed E-state index contributed by atoms with van der Waals surface area (Å²) in [5.74, 6) is 1.08. The van der Waals surface area contributed by atoms with Gasteiger partial charge in [-0.15, -0.1) is 0 Å². The molecule has 6 aromatic rings. The van der Waals surface area contributed by atoms with Crippen LogP contribution in [0.15, 0.2) is 105 Å². The number of rotatable bonds is 6. The summed E-state index contributed by atoms with van der Waals surface area (Å²) in [6, 6.07) is 23.6. The topological polar surface area (TPSA) is 126 Å². The van der Waals surface area contributed by atoms with E-state index in [9.17, 15) is 14.9 Å². The van der Waals surface area contributed by atoms with Crippen LogP contribution in [0.1, 0.15) is 5.56 Å². The maximum atomic E-state index is 13.5. The van der Waals surface area contributed by atoms with Crippen LogP contribution in [0.3, 0.4) is 0 Å². The molecule has 0 atom stereocenters. The molecule has 0 amide bonds. The van der Waals surface area contributed by atoms with E-state index < -0.39 is 4.92 Å². The van der Waals surface area contributed by atoms with Gasteiger partial charge in [0.05, 0.1) is 22.0 Å². The van der Waals surface area contributed by atoms with Gasteiger partial charge in [-0.3, -0.25) is 14.9 Å². The number of hydrogen-bond donors (Lipinski definition) is 0. The van der Waals surface area contributed by atoms with Crippen molar-refractivity contribution in [2.75, 3.05) is 0 Å². The van der Waals surface area contributed by atoms with E-state index in [2.05, 4.69) is 15.1 Å². The number of halogens is 1. The summed E-state index contributed by atoms with van der Waals surface area (Å²) in [5, 5.41) is 17.1. The number of pyridine rings is 1. The van der Waals surface area contributed by atoms with Gasteiger partial charge in [0.1, 0.15) is 17.5 Å². The molecule has 0 aliphatic heterocycles. The first-order chi connectivity index (χ1) is 19.0. The predicted octanol–water partition coefficient (Wildman–Crippen LogP) is 6.44. The van der Waals surface area contributed by atoms with Crippen LogP contribution in [-0.4, -0.2) is 25.8 Å². The van der Waals surface area contributed by atoms with Crippen molar-refractivity contribution in [3.63, 3.8) is 0 Å². The monoisotopic (exact) mass is 537 g/mol. The number of hydrogen-bond acceptors (Lipinski definition) is 8. The van der Waals surface area contributed by atoms with Crippen molar-refractivity contribution in [1.29, 1.82) is 0 Å². The minimum atomic E-state index is -0.541. The Labute approximate surface area is 224 Å². The van der Waals surface area contributed by atoms with Gasteiger partial charge in [0.15, 0.2) is 5.76 Å². The fourth-order valence-corrected chi connectivity index (χ4v) is 4.15. The summed E-state index contributed by atoms with van der Waals surface area (Å²) < 4.78 is 13.0. The van der Waals surface area contributed by atoms with Gasteiger partial charge in [-0.1, -0.05) is 35.9 Å². The number of ether oxygens (including phenoxy) is 1. The van der Waals surface area contributed by atoms with E-state index in [0.29, 0.717) is 38.6 Å². The first kappa shape index (κ1) is 24.0. The van der Waals surface area contributed by atoms with Crippen LogP contribution in [0, 0.1) is 10.1 Å². The Kier molecular flexibility index (Phi) is 6.06. The lowest BCUT2D eigenvalue weighted by Crippen LogP contribution is -2.20. The third-order valence-electron chi connectivity index (χ3n) is 5.83. The molecule has 0 aliphatic carbocycles. The lowest BCUT2D eigenvalue weighted by atomic mass is 10.2. The lowest BCUT2D eigenvalue weighted by Gasteiger charge is -2.09. The largest absolute Gasteiger partial charge is 0.453 e. The van der Waals surface area contributed by atoms with E-state index in [0.717, 1.165) is 11.6 Å². The highest BCUT2D eigenvalue weighted by Crippen LogP contribution is 2.29. The SMILES string of the molecule is O=c1c2ccccc2nc(-c2cc3cc(Cl)ccc3o2)n1N=Cc1ccccc1Oc1ccc([N+](=O)[O-])cn1. The number of fused-ring (bicyclic) bond motifs is 2. The molecule has 0 bridgehead atoms. The van der Waals surface area contributed by atoms with Crippen molar-refractivity contribution >= 4 is 45.4 Å². The molecule has 0 saturated heterocycles. The smallest absolute Gasteiger partial charge is 0.287 e. The van der Waals surface area contributed by atoms with Crippen molar-refractivity contribution in [2.24, 2.45) is 5.10 Å². The summed E-state index contributed by atoms with van der Waals surface area (Å²) in [6.07, 6.45) is 2.57. The molecule has 0 spiro atoms. The molecular weight excluding hydrogens is 522 g/mol. The van der Waals surface area contributed by atoms with E-state index in [-0.39, 0.29) is 23.0 Å². The molecule has 6 rings (SSSR count). The van der Waals surface area contributed by atoms with Gasteiger partial charge in [-0.2, -0.15) is 9.78 Å². The second-order valence-corrected chi connectivity index (χ2v) is 8.79. The van der Waals surface area contributed by atoms with Crippen molar-refractivity contribution in [2.45, 2.75) is 0 Å². The number of nitrogens with zero attached hydrogens (tertiary/aromatic N) is 5. The Hall–Kier alpha value is -5.35. The molecule has 10 nitrogen and oxygen atoms in total. The lowest BCUT2D eigenvalue weighted by molar-refractivity contribution is -0.385. The van der Waals surface area contributed by atoms with Crippen LogP contribution in [0.25, 0.3) is 33.5 Å². The summed E-state index contributed by atoms with van der Waals surface area (Å²) >= 11 is 6.14. The summed E-state index contributed by atoms with van der Waals surface area (Å²) in [4.78, 5) is 32.6. The number of benzene rings is 3. The fraction of sp³-hybridized carbons (Fsp3) is 0. The molecule has 190 valence electrons. The molecule has 3 heterocycles. The van der Waals surface area contributed by atoms with Crippen LogP contribution in [0.5, 0.6) is 11.6 Å². The highest BCUT2D eigenvalue weighted by Gasteiger charge is 2.17. The Morgan fingerprint density at radius 3 is 2.67 bits per heavy atom. The Morgan fingerprint density at radius 1 is 1.03 bits per heavy atom. The maximum absolute atomic E-state index is 13.5. The van der Waals surface area contributed by atoms with Crippen molar-refractivity contribution in [1.82, 2.24) is 14.6 Å². The number of aromatic nitrogens is 3. The van der Waals surface area contributed by atoms with Crippen LogP contribution >= 0.6 is 11.6 Å². The number of nitro groups is 1. The maximum Gasteiger partial charge on any atom is 0.287 e. The molecular formula is C28H16ClN5O5. The molecule has 0 saturated carbocycles. The third-order valence-corrected chi connectivity index (χ3v) is 6.07. The summed E-state index contributed by atoms with van der Waals surface area (Å²) in [6.45, 7) is 0. The molecule has 11 heteroatoms. The second-order valence-electron chi connectivity index (χ2n) is 8.36. The van der Waals surface area contributed by atoms with E-state index in [1.165, 1.54) is 23.0 Å². The van der Waals surface area contributed by atoms with E-state index in [1.54, 1.807) is 72.8 Å². The molecule has 0 unspecified atom stereocenters. The molecule has 0 aliphatic rings. The van der Waals surface area contributed by atoms with Crippen LogP contribution < -0.4 is 10.3 Å². The normalized spacial score (nSPS) is 11.4. The summed E-state index contributed by atoms with van der Waals surface area (Å²) in [7, 11) is 0. The standard InChI is InChI=1S/C28H16ClN5O5/c29-19-9-11-24-18(13-19)14-25(38-24)27-32-22-7-3-2-6-21(22)28(35)33(27)31-15-17-5-1-4-8-23(17)39-26-12-10-20(16-30-26)34(36)37/h1-16H. The molecule has 0 N–H and O–H groups in total. The highest BCUT2D eigenvalue weighted by atomic mass is 35.5. The van der Waals surface area contributed by atoms with E-state index >= 15 is 0 Å². The molecule has 0 fully saturated rings. The Morgan fingerprint density at radius 2 is 1.85 bits per heavy atom. The first-order valence-electron chi connectivity index (χ1n) is 11.6. The Balaban J connectivity index is 1.44. The summed E-state index contributed by atoms with van der Waals surface area (Å²) in [5.41, 5.74) is 1.07. The molecule has 0 radical (unpaired) electrons. The zero-order chi connectivity index (χ0) is 26.9. The zero-order valence-electron chi connectivity index (χ0n) is 19.9. The van der Waals surface area contributed by atoms with Gasteiger partial charge in [-0.05, 0) is 48.5 Å². The van der Waals surface area contributed by atoms with E-state index in [4.69, 9.17) is 20.8 Å². The molecule has 3 aromatic heterocycles. The van der Waals surface area contributed by atoms with Gasteiger partial charge >= 0.3 is 0 Å². The quantitative estimate of drug-likeness (QED) is 0.136. The van der Waals surface area contributed by atoms with Gasteiger partial charge in [0, 0.05) is 28.1 Å². The molecule has 3 aromatic carbocycles. The highest BCUT2D eigenvalue weighted by molar-refractivity contribution is 6.31. The van der Waals surface area contributed by atoms with Crippen LogP contribution in [0.2, 0.25) is 5.02 Å². The minimum absolute atomic E-state index is 0.152. The first-order valence-corrected chi connectivity index (χ1v) is 12.0. The van der Waals surface area contributed by atoms with Gasteiger partial charge in [0.25, 0.3) is 11.2 Å². The minimum Gasteiger partial charge on any atom is -0.453 e. The van der Waals surface area contributed by atoms with Crippen molar-refractivity contribution < 1.29 is 14.1 Å². The van der Waals surface area contributed by atoms with Crippen LogP contribution in [0.4, 0.5) is 5.69 Å². The third kappa shape index (κ3) is 4.72. The molecule has 39 heavy (non-hydrogen) atoms. The predicted molar refractivity (Wildman–Crippen MR) is 147 cm³/mol. The number of furan rings is 1. The number of para-hydroxylation sites is 2. The van der Waals surface area contributed by atoms with Gasteiger partial charge in [-0.25, -0.2) is 9.97 Å². The van der Waals surface area contributed by atoms with Gasteiger partial charge < -0.3 is 9.15 Å². The van der Waals surface area contributed by atoms with E-state index in [1.807, 2.05) is 0 Å². The second kappa shape index (κ2) is 9.84. The zero-order valence-corrected chi connectivity index (χ0v) is 20.6. The average Bonchev–Trinajstić information content (AvgIpc) is 3.36. The average molecular weight is 538 g/mol.